The van der Waals surface area contributed by atoms with Crippen LogP contribution in [0.2, 0.25) is 0 Å². The van der Waals surface area contributed by atoms with E-state index in [-0.39, 0.29) is 0 Å². The number of pyridine rings is 1. The highest BCUT2D eigenvalue weighted by Gasteiger charge is 1.97. The number of aromatic nitrogens is 1. The van der Waals surface area contributed by atoms with Gasteiger partial charge in [0.25, 0.3) is 0 Å². The molecule has 0 bridgehead atoms. The first-order valence-corrected chi connectivity index (χ1v) is 4.88. The molecular weight excluding hydrogens is 186 g/mol. The number of para-hydroxylation sites is 1. The maximum atomic E-state index is 5.51. The first-order valence-electron chi connectivity index (χ1n) is 4.88. The monoisotopic (exact) mass is 199 g/mol. The zero-order valence-electron chi connectivity index (χ0n) is 8.73. The van der Waals surface area contributed by atoms with E-state index in [4.69, 9.17) is 4.74 Å². The van der Waals surface area contributed by atoms with Crippen molar-refractivity contribution in [3.05, 3.63) is 48.7 Å². The molecule has 0 saturated carbocycles. The molecule has 0 spiro atoms. The summed E-state index contributed by atoms with van der Waals surface area (Å²) in [6.07, 6.45) is 1.74. The van der Waals surface area contributed by atoms with E-state index in [1.165, 1.54) is 0 Å². The summed E-state index contributed by atoms with van der Waals surface area (Å²) in [6.45, 7) is 6.27. The largest absolute Gasteiger partial charge is 0.488 e. The number of nitrogens with zero attached hydrogens (tertiary/aromatic N) is 1. The molecule has 0 aliphatic carbocycles. The molecule has 0 amide bonds. The summed E-state index contributed by atoms with van der Waals surface area (Å²) in [5.41, 5.74) is 1.99. The lowest BCUT2D eigenvalue weighted by Crippen LogP contribution is -1.97. The molecule has 2 nitrogen and oxygen atoms in total. The van der Waals surface area contributed by atoms with E-state index in [2.05, 4.69) is 11.6 Å². The molecule has 1 aromatic heterocycles. The van der Waals surface area contributed by atoms with E-state index in [0.717, 1.165) is 22.2 Å². The molecule has 0 atom stereocenters. The van der Waals surface area contributed by atoms with Gasteiger partial charge in [0, 0.05) is 5.39 Å². The van der Waals surface area contributed by atoms with Gasteiger partial charge >= 0.3 is 0 Å². The van der Waals surface area contributed by atoms with Crippen molar-refractivity contribution in [1.82, 2.24) is 4.98 Å². The number of rotatable bonds is 3. The Bertz CT molecular complexity index is 491. The molecule has 0 unspecified atom stereocenters. The van der Waals surface area contributed by atoms with Gasteiger partial charge in [0.15, 0.2) is 0 Å². The van der Waals surface area contributed by atoms with Crippen molar-refractivity contribution >= 4 is 10.9 Å². The predicted molar refractivity (Wildman–Crippen MR) is 62.1 cm³/mol. The molecule has 0 saturated heterocycles. The van der Waals surface area contributed by atoms with Crippen molar-refractivity contribution in [3.8, 4) is 5.75 Å². The molecular formula is C13H13NO. The maximum Gasteiger partial charge on any atom is 0.138 e. The number of hydrogen-bond acceptors (Lipinski definition) is 2. The predicted octanol–water partition coefficient (Wildman–Crippen LogP) is 3.19. The minimum Gasteiger partial charge on any atom is -0.488 e. The van der Waals surface area contributed by atoms with Gasteiger partial charge in [-0.25, -0.2) is 0 Å². The summed E-state index contributed by atoms with van der Waals surface area (Å²) >= 11 is 0. The van der Waals surface area contributed by atoms with Gasteiger partial charge in [-0.1, -0.05) is 24.8 Å². The van der Waals surface area contributed by atoms with Crippen LogP contribution in [0.1, 0.15) is 6.92 Å². The van der Waals surface area contributed by atoms with Crippen LogP contribution in [-0.2, 0) is 0 Å². The van der Waals surface area contributed by atoms with Gasteiger partial charge in [0.05, 0.1) is 11.7 Å². The van der Waals surface area contributed by atoms with Crippen molar-refractivity contribution in [1.29, 1.82) is 0 Å². The quantitative estimate of drug-likeness (QED) is 0.708. The van der Waals surface area contributed by atoms with Crippen molar-refractivity contribution in [2.24, 2.45) is 0 Å². The van der Waals surface area contributed by atoms with Crippen LogP contribution in [0.25, 0.3) is 10.9 Å². The third kappa shape index (κ3) is 2.34. The summed E-state index contributed by atoms with van der Waals surface area (Å²) in [4.78, 5) is 4.30. The van der Waals surface area contributed by atoms with Crippen LogP contribution in [0.15, 0.2) is 48.7 Å². The van der Waals surface area contributed by atoms with Crippen LogP contribution in [0.5, 0.6) is 5.75 Å². The average molecular weight is 199 g/mol. The van der Waals surface area contributed by atoms with Gasteiger partial charge in [-0.3, -0.25) is 4.98 Å². The molecule has 2 aromatic rings. The topological polar surface area (TPSA) is 22.1 Å². The minimum atomic E-state index is 0.542. The van der Waals surface area contributed by atoms with Crippen LogP contribution >= 0.6 is 0 Å². The van der Waals surface area contributed by atoms with Crippen LogP contribution < -0.4 is 4.74 Å². The van der Waals surface area contributed by atoms with Crippen molar-refractivity contribution in [2.75, 3.05) is 6.61 Å². The number of benzene rings is 1. The Balaban J connectivity index is 2.26. The van der Waals surface area contributed by atoms with Crippen LogP contribution in [0.4, 0.5) is 0 Å². The van der Waals surface area contributed by atoms with Gasteiger partial charge in [-0.2, -0.15) is 0 Å². The Kier molecular flexibility index (Phi) is 2.68. The van der Waals surface area contributed by atoms with Gasteiger partial charge in [-0.05, 0) is 24.6 Å². The Labute approximate surface area is 89.2 Å². The van der Waals surface area contributed by atoms with Crippen molar-refractivity contribution < 1.29 is 4.74 Å². The molecule has 1 heterocycles. The third-order valence-corrected chi connectivity index (χ3v) is 2.05. The normalized spacial score (nSPS) is 10.2. The van der Waals surface area contributed by atoms with E-state index < -0.39 is 0 Å². The Hall–Kier alpha value is -1.83. The summed E-state index contributed by atoms with van der Waals surface area (Å²) < 4.78 is 5.51. The smallest absolute Gasteiger partial charge is 0.138 e. The van der Waals surface area contributed by atoms with Crippen LogP contribution in [0, 0.1) is 0 Å². The second-order valence-electron chi connectivity index (χ2n) is 3.61. The SMILES string of the molecule is C=C(C)COc1cnc2ccccc2c1. The van der Waals surface area contributed by atoms with E-state index >= 15 is 0 Å². The molecule has 0 fully saturated rings. The molecule has 76 valence electrons. The minimum absolute atomic E-state index is 0.542. The molecule has 15 heavy (non-hydrogen) atoms. The fraction of sp³-hybridized carbons (Fsp3) is 0.154. The number of fused-ring (bicyclic) bond motifs is 1. The summed E-state index contributed by atoms with van der Waals surface area (Å²) in [5.74, 6) is 0.789. The van der Waals surface area contributed by atoms with Crippen LogP contribution in [0.3, 0.4) is 0 Å². The number of hydrogen-bond donors (Lipinski definition) is 0. The summed E-state index contributed by atoms with van der Waals surface area (Å²) in [7, 11) is 0. The van der Waals surface area contributed by atoms with Gasteiger partial charge < -0.3 is 4.74 Å². The van der Waals surface area contributed by atoms with Crippen molar-refractivity contribution in [2.45, 2.75) is 6.92 Å². The Morgan fingerprint density at radius 2 is 2.20 bits per heavy atom. The summed E-state index contributed by atoms with van der Waals surface area (Å²) in [6, 6.07) is 9.97. The third-order valence-electron chi connectivity index (χ3n) is 2.05. The fourth-order valence-corrected chi connectivity index (χ4v) is 1.34. The molecule has 0 radical (unpaired) electrons. The highest BCUT2D eigenvalue weighted by atomic mass is 16.5. The zero-order chi connectivity index (χ0) is 10.7. The molecule has 2 rings (SSSR count). The molecule has 2 heteroatoms. The molecule has 0 N–H and O–H groups in total. The summed E-state index contributed by atoms with van der Waals surface area (Å²) in [5, 5.41) is 1.09. The van der Waals surface area contributed by atoms with Crippen molar-refractivity contribution in [3.63, 3.8) is 0 Å². The highest BCUT2D eigenvalue weighted by molar-refractivity contribution is 5.79. The first kappa shape index (κ1) is 9.71. The molecule has 0 aliphatic heterocycles. The zero-order valence-corrected chi connectivity index (χ0v) is 8.73. The average Bonchev–Trinajstić information content (AvgIpc) is 2.26. The van der Waals surface area contributed by atoms with Gasteiger partial charge in [0.2, 0.25) is 0 Å². The van der Waals surface area contributed by atoms with Gasteiger partial charge in [-0.15, -0.1) is 0 Å². The van der Waals surface area contributed by atoms with Gasteiger partial charge in [0.1, 0.15) is 12.4 Å². The van der Waals surface area contributed by atoms with E-state index in [9.17, 15) is 0 Å². The highest BCUT2D eigenvalue weighted by Crippen LogP contribution is 2.17. The molecule has 0 aliphatic rings. The number of ether oxygens (including phenoxy) is 1. The van der Waals surface area contributed by atoms with Crippen LogP contribution in [-0.4, -0.2) is 11.6 Å². The second-order valence-corrected chi connectivity index (χ2v) is 3.61. The standard InChI is InChI=1S/C13H13NO/c1-10(2)9-15-12-7-11-5-3-4-6-13(11)14-8-12/h3-8H,1,9H2,2H3. The van der Waals surface area contributed by atoms with E-state index in [1.807, 2.05) is 37.3 Å². The first-order chi connectivity index (χ1) is 7.25. The molecule has 1 aromatic carbocycles. The second kappa shape index (κ2) is 4.13. The lowest BCUT2D eigenvalue weighted by atomic mass is 10.2. The fourth-order valence-electron chi connectivity index (χ4n) is 1.34. The van der Waals surface area contributed by atoms with E-state index in [0.29, 0.717) is 6.61 Å². The maximum absolute atomic E-state index is 5.51. The lowest BCUT2D eigenvalue weighted by Gasteiger charge is -2.05. The Morgan fingerprint density at radius 3 is 3.00 bits per heavy atom. The lowest BCUT2D eigenvalue weighted by molar-refractivity contribution is 0.352. The Morgan fingerprint density at radius 1 is 1.40 bits per heavy atom. The van der Waals surface area contributed by atoms with E-state index in [1.54, 1.807) is 6.20 Å².